The van der Waals surface area contributed by atoms with Gasteiger partial charge in [0, 0.05) is 5.71 Å². The van der Waals surface area contributed by atoms with Gasteiger partial charge in [-0.1, -0.05) is 42.5 Å². The van der Waals surface area contributed by atoms with Crippen LogP contribution in [0.1, 0.15) is 25.5 Å². The maximum atomic E-state index is 12.4. The fraction of sp³-hybridized carbons (Fsp3) is 0.294. The van der Waals surface area contributed by atoms with E-state index in [-0.39, 0.29) is 12.0 Å². The Morgan fingerprint density at radius 3 is 2.87 bits per heavy atom. The Balaban J connectivity index is 1.97. The highest BCUT2D eigenvalue weighted by Gasteiger charge is 2.37. The molecular weight excluding hydrogens is 292 g/mol. The van der Waals surface area contributed by atoms with Crippen molar-refractivity contribution < 1.29 is 9.53 Å². The lowest BCUT2D eigenvalue weighted by Crippen LogP contribution is -2.35. The molecule has 6 nitrogen and oxygen atoms in total. The van der Waals surface area contributed by atoms with Crippen LogP contribution < -0.4 is 0 Å². The van der Waals surface area contributed by atoms with Gasteiger partial charge in [0.1, 0.15) is 12.2 Å². The summed E-state index contributed by atoms with van der Waals surface area (Å²) in [6, 6.07) is 9.60. The molecule has 2 unspecified atom stereocenters. The first-order valence-corrected chi connectivity index (χ1v) is 7.55. The van der Waals surface area contributed by atoms with Crippen LogP contribution in [-0.2, 0) is 9.53 Å². The number of carbonyl (C=O) groups excluding carboxylic acids is 1. The van der Waals surface area contributed by atoms with E-state index < -0.39 is 5.92 Å². The third-order valence-corrected chi connectivity index (χ3v) is 3.73. The van der Waals surface area contributed by atoms with Crippen LogP contribution in [-0.4, -0.2) is 33.1 Å². The zero-order chi connectivity index (χ0) is 16.2. The smallest absolute Gasteiger partial charge is 0.317 e. The van der Waals surface area contributed by atoms with Gasteiger partial charge < -0.3 is 4.74 Å². The van der Waals surface area contributed by atoms with E-state index in [2.05, 4.69) is 15.1 Å². The van der Waals surface area contributed by atoms with Crippen molar-refractivity contribution in [3.63, 3.8) is 0 Å². The van der Waals surface area contributed by atoms with Gasteiger partial charge in [0.15, 0.2) is 0 Å². The lowest BCUT2D eigenvalue weighted by molar-refractivity contribution is -0.146. The molecular formula is C17H18N4O2. The molecule has 0 aliphatic carbocycles. The third kappa shape index (κ3) is 3.06. The highest BCUT2D eigenvalue weighted by molar-refractivity contribution is 6.03. The average Bonchev–Trinajstić information content (AvgIpc) is 3.01. The van der Waals surface area contributed by atoms with Gasteiger partial charge in [0.05, 0.1) is 12.6 Å². The minimum atomic E-state index is -0.496. The molecule has 0 bridgehead atoms. The lowest BCUT2D eigenvalue weighted by Gasteiger charge is -2.27. The number of allylic oxidation sites excluding steroid dienone is 1. The van der Waals surface area contributed by atoms with Gasteiger partial charge in [-0.3, -0.25) is 4.79 Å². The summed E-state index contributed by atoms with van der Waals surface area (Å²) in [4.78, 5) is 20.9. The number of rotatable bonds is 4. The summed E-state index contributed by atoms with van der Waals surface area (Å²) >= 11 is 0. The summed E-state index contributed by atoms with van der Waals surface area (Å²) in [6.07, 6.45) is 5.37. The second kappa shape index (κ2) is 6.56. The number of aliphatic imine (C=N–C) groups is 1. The summed E-state index contributed by atoms with van der Waals surface area (Å²) < 4.78 is 6.87. The van der Waals surface area contributed by atoms with Gasteiger partial charge in [0.2, 0.25) is 5.95 Å². The average molecular weight is 310 g/mol. The topological polar surface area (TPSA) is 69.4 Å². The number of aromatic nitrogens is 3. The molecule has 2 heterocycles. The number of fused-ring (bicyclic) bond motifs is 1. The zero-order valence-electron chi connectivity index (χ0n) is 13.1. The fourth-order valence-corrected chi connectivity index (χ4v) is 2.66. The lowest BCUT2D eigenvalue weighted by atomic mass is 9.93. The molecule has 6 heteroatoms. The monoisotopic (exact) mass is 310 g/mol. The van der Waals surface area contributed by atoms with Crippen LogP contribution in [0.2, 0.25) is 0 Å². The van der Waals surface area contributed by atoms with E-state index in [1.807, 2.05) is 49.4 Å². The van der Waals surface area contributed by atoms with E-state index in [1.165, 1.54) is 6.33 Å². The number of esters is 1. The van der Waals surface area contributed by atoms with Crippen LogP contribution in [0, 0.1) is 5.92 Å². The Morgan fingerprint density at radius 2 is 2.13 bits per heavy atom. The minimum absolute atomic E-state index is 0.294. The van der Waals surface area contributed by atoms with Crippen molar-refractivity contribution in [2.24, 2.45) is 10.9 Å². The first-order chi connectivity index (χ1) is 11.2. The summed E-state index contributed by atoms with van der Waals surface area (Å²) in [5.74, 6) is -0.285. The normalized spacial score (nSPS) is 20.2. The molecule has 0 fully saturated rings. The molecule has 1 aromatic heterocycles. The molecule has 2 aromatic rings. The first kappa shape index (κ1) is 15.1. The number of nitrogens with zero attached hydrogens (tertiary/aromatic N) is 4. The van der Waals surface area contributed by atoms with Crippen molar-refractivity contribution in [2.45, 2.75) is 19.9 Å². The molecule has 0 amide bonds. The van der Waals surface area contributed by atoms with Crippen molar-refractivity contribution >= 4 is 23.7 Å². The van der Waals surface area contributed by atoms with E-state index >= 15 is 0 Å². The molecule has 23 heavy (non-hydrogen) atoms. The predicted molar refractivity (Wildman–Crippen MR) is 87.4 cm³/mol. The summed E-state index contributed by atoms with van der Waals surface area (Å²) in [6.45, 7) is 3.95. The summed E-state index contributed by atoms with van der Waals surface area (Å²) in [7, 11) is 0. The second-order valence-electron chi connectivity index (χ2n) is 5.25. The minimum Gasteiger partial charge on any atom is -0.465 e. The standard InChI is InChI=1S/C17H18N4O2/c1-3-23-16(22)15-12(2)20-17-18-11-19-21(17)14(15)10-9-13-7-5-4-6-8-13/h4-11,14-15H,3H2,1-2H3/b10-9+. The number of benzene rings is 1. The fourth-order valence-electron chi connectivity index (χ4n) is 2.66. The summed E-state index contributed by atoms with van der Waals surface area (Å²) in [5.41, 5.74) is 1.74. The third-order valence-electron chi connectivity index (χ3n) is 3.73. The first-order valence-electron chi connectivity index (χ1n) is 7.55. The Kier molecular flexibility index (Phi) is 4.32. The van der Waals surface area contributed by atoms with Crippen LogP contribution in [0.5, 0.6) is 0 Å². The maximum Gasteiger partial charge on any atom is 0.317 e. The Hall–Kier alpha value is -2.76. The van der Waals surface area contributed by atoms with E-state index in [1.54, 1.807) is 11.6 Å². The van der Waals surface area contributed by atoms with Gasteiger partial charge in [-0.05, 0) is 19.4 Å². The van der Waals surface area contributed by atoms with Gasteiger partial charge in [-0.15, -0.1) is 0 Å². The van der Waals surface area contributed by atoms with Crippen LogP contribution in [0.25, 0.3) is 6.08 Å². The predicted octanol–water partition coefficient (Wildman–Crippen LogP) is 2.82. The number of hydrogen-bond acceptors (Lipinski definition) is 5. The molecule has 1 aliphatic heterocycles. The van der Waals surface area contributed by atoms with Gasteiger partial charge in [-0.2, -0.15) is 10.1 Å². The Bertz CT molecular complexity index is 749. The van der Waals surface area contributed by atoms with Crippen molar-refractivity contribution in [3.05, 3.63) is 48.3 Å². The van der Waals surface area contributed by atoms with Crippen LogP contribution in [0.15, 0.2) is 47.7 Å². The van der Waals surface area contributed by atoms with E-state index in [0.717, 1.165) is 5.56 Å². The SMILES string of the molecule is CCOC(=O)C1C(C)=Nc2ncnn2C1/C=C/c1ccccc1. The highest BCUT2D eigenvalue weighted by atomic mass is 16.5. The van der Waals surface area contributed by atoms with E-state index in [4.69, 9.17) is 4.74 Å². The van der Waals surface area contributed by atoms with Crippen LogP contribution in [0.3, 0.4) is 0 Å². The largest absolute Gasteiger partial charge is 0.465 e. The Morgan fingerprint density at radius 1 is 1.35 bits per heavy atom. The molecule has 1 aliphatic rings. The van der Waals surface area contributed by atoms with Crippen LogP contribution in [0.4, 0.5) is 5.95 Å². The van der Waals surface area contributed by atoms with Gasteiger partial charge in [0.25, 0.3) is 0 Å². The number of hydrogen-bond donors (Lipinski definition) is 0. The van der Waals surface area contributed by atoms with Crippen LogP contribution >= 0.6 is 0 Å². The molecule has 0 saturated heterocycles. The second-order valence-corrected chi connectivity index (χ2v) is 5.25. The molecule has 1 aromatic carbocycles. The van der Waals surface area contributed by atoms with Crippen molar-refractivity contribution in [1.29, 1.82) is 0 Å². The van der Waals surface area contributed by atoms with E-state index in [9.17, 15) is 4.79 Å². The Labute approximate surface area is 134 Å². The molecule has 0 saturated carbocycles. The molecule has 0 radical (unpaired) electrons. The highest BCUT2D eigenvalue weighted by Crippen LogP contribution is 2.32. The molecule has 0 N–H and O–H groups in total. The quantitative estimate of drug-likeness (QED) is 0.814. The van der Waals surface area contributed by atoms with Crippen molar-refractivity contribution in [1.82, 2.24) is 14.8 Å². The molecule has 118 valence electrons. The van der Waals surface area contributed by atoms with E-state index in [0.29, 0.717) is 18.3 Å². The zero-order valence-corrected chi connectivity index (χ0v) is 13.1. The summed E-state index contributed by atoms with van der Waals surface area (Å²) in [5, 5.41) is 4.22. The van der Waals surface area contributed by atoms with Gasteiger partial charge in [-0.25, -0.2) is 9.67 Å². The molecule has 3 rings (SSSR count). The number of ether oxygens (including phenoxy) is 1. The maximum absolute atomic E-state index is 12.4. The molecule has 0 spiro atoms. The van der Waals surface area contributed by atoms with Gasteiger partial charge >= 0.3 is 5.97 Å². The molecule has 2 atom stereocenters. The van der Waals surface area contributed by atoms with Crippen molar-refractivity contribution in [3.8, 4) is 0 Å². The van der Waals surface area contributed by atoms with Crippen molar-refractivity contribution in [2.75, 3.05) is 6.61 Å². The number of carbonyl (C=O) groups is 1.